The van der Waals surface area contributed by atoms with Crippen molar-refractivity contribution in [1.29, 1.82) is 5.26 Å². The molecule has 0 N–H and O–H groups in total. The lowest BCUT2D eigenvalue weighted by molar-refractivity contribution is -0.140. The van der Waals surface area contributed by atoms with Gasteiger partial charge in [0, 0.05) is 7.05 Å². The fourth-order valence-corrected chi connectivity index (χ4v) is 2.48. The van der Waals surface area contributed by atoms with Gasteiger partial charge in [0.2, 0.25) is 10.0 Å². The molecule has 0 radical (unpaired) electrons. The molecule has 0 heterocycles. The van der Waals surface area contributed by atoms with Gasteiger partial charge >= 0.3 is 5.97 Å². The lowest BCUT2D eigenvalue weighted by atomic mass is 10.2. The van der Waals surface area contributed by atoms with E-state index in [1.807, 2.05) is 6.07 Å². The lowest BCUT2D eigenvalue weighted by Gasteiger charge is -2.15. The molecule has 0 aliphatic heterocycles. The second-order valence-electron chi connectivity index (χ2n) is 3.90. The van der Waals surface area contributed by atoms with Crippen LogP contribution in [0.5, 0.6) is 0 Å². The standard InChI is InChI=1S/C12H14N2O4S/c1-14(8-12(15)18-2)19(16,17)9-11-5-3-10(7-13)4-6-11/h3-6H,8-9H2,1-2H3. The van der Waals surface area contributed by atoms with Crippen LogP contribution >= 0.6 is 0 Å². The number of hydrogen-bond donors (Lipinski definition) is 0. The molecule has 19 heavy (non-hydrogen) atoms. The summed E-state index contributed by atoms with van der Waals surface area (Å²) in [6.45, 7) is -0.324. The molecule has 0 saturated carbocycles. The van der Waals surface area contributed by atoms with Gasteiger partial charge in [0.1, 0.15) is 6.54 Å². The van der Waals surface area contributed by atoms with E-state index < -0.39 is 16.0 Å². The van der Waals surface area contributed by atoms with Gasteiger partial charge in [-0.2, -0.15) is 9.57 Å². The number of carbonyl (C=O) groups is 1. The van der Waals surface area contributed by atoms with Gasteiger partial charge in [0.15, 0.2) is 0 Å². The molecule has 0 saturated heterocycles. The van der Waals surface area contributed by atoms with Crippen LogP contribution in [0.15, 0.2) is 24.3 Å². The van der Waals surface area contributed by atoms with Gasteiger partial charge in [-0.1, -0.05) is 12.1 Å². The molecule has 6 nitrogen and oxygen atoms in total. The first-order valence-corrected chi connectivity index (χ1v) is 7.00. The quantitative estimate of drug-likeness (QED) is 0.734. The average Bonchev–Trinajstić information content (AvgIpc) is 2.39. The largest absolute Gasteiger partial charge is 0.468 e. The van der Waals surface area contributed by atoms with Crippen LogP contribution in [0.4, 0.5) is 0 Å². The highest BCUT2D eigenvalue weighted by atomic mass is 32.2. The smallest absolute Gasteiger partial charge is 0.320 e. The van der Waals surface area contributed by atoms with Crippen LogP contribution in [-0.2, 0) is 25.3 Å². The number of likely N-dealkylation sites (N-methyl/N-ethyl adjacent to an activating group) is 1. The number of sulfonamides is 1. The first kappa shape index (κ1) is 15.1. The maximum Gasteiger partial charge on any atom is 0.320 e. The molecule has 102 valence electrons. The van der Waals surface area contributed by atoms with Crippen molar-refractivity contribution >= 4 is 16.0 Å². The Hall–Kier alpha value is -1.91. The monoisotopic (exact) mass is 282 g/mol. The van der Waals surface area contributed by atoms with Gasteiger partial charge in [-0.3, -0.25) is 4.79 Å². The van der Waals surface area contributed by atoms with Gasteiger partial charge in [-0.25, -0.2) is 8.42 Å². The molecule has 1 rings (SSSR count). The van der Waals surface area contributed by atoms with Crippen molar-refractivity contribution in [2.45, 2.75) is 5.75 Å². The Kier molecular flexibility index (Phi) is 5.03. The number of carbonyl (C=O) groups excluding carboxylic acids is 1. The number of benzene rings is 1. The Morgan fingerprint density at radius 1 is 1.37 bits per heavy atom. The Morgan fingerprint density at radius 3 is 2.42 bits per heavy atom. The molecule has 0 bridgehead atoms. The van der Waals surface area contributed by atoms with Crippen molar-refractivity contribution in [3.05, 3.63) is 35.4 Å². The van der Waals surface area contributed by atoms with E-state index in [-0.39, 0.29) is 12.3 Å². The van der Waals surface area contributed by atoms with Gasteiger partial charge < -0.3 is 4.74 Å². The highest BCUT2D eigenvalue weighted by Gasteiger charge is 2.21. The van der Waals surface area contributed by atoms with Gasteiger partial charge in [0.25, 0.3) is 0 Å². The highest BCUT2D eigenvalue weighted by Crippen LogP contribution is 2.10. The molecular formula is C12H14N2O4S. The van der Waals surface area contributed by atoms with Crippen LogP contribution in [0, 0.1) is 11.3 Å². The summed E-state index contributed by atoms with van der Waals surface area (Å²) in [4.78, 5) is 11.0. The van der Waals surface area contributed by atoms with Gasteiger partial charge in [-0.05, 0) is 17.7 Å². The maximum absolute atomic E-state index is 12.0. The van der Waals surface area contributed by atoms with Crippen LogP contribution in [0.25, 0.3) is 0 Å². The Balaban J connectivity index is 2.78. The van der Waals surface area contributed by atoms with Crippen LogP contribution in [0.2, 0.25) is 0 Å². The summed E-state index contributed by atoms with van der Waals surface area (Å²) >= 11 is 0. The van der Waals surface area contributed by atoms with Crippen molar-refractivity contribution in [1.82, 2.24) is 4.31 Å². The van der Waals surface area contributed by atoms with Crippen LogP contribution in [-0.4, -0.2) is 39.4 Å². The fraction of sp³-hybridized carbons (Fsp3) is 0.333. The van der Waals surface area contributed by atoms with E-state index in [0.29, 0.717) is 11.1 Å². The average molecular weight is 282 g/mol. The molecular weight excluding hydrogens is 268 g/mol. The number of esters is 1. The highest BCUT2D eigenvalue weighted by molar-refractivity contribution is 7.88. The summed E-state index contributed by atoms with van der Waals surface area (Å²) in [5.74, 6) is -0.849. The normalized spacial score (nSPS) is 11.1. The molecule has 0 aromatic heterocycles. The van der Waals surface area contributed by atoms with E-state index >= 15 is 0 Å². The third kappa shape index (κ3) is 4.35. The number of hydrogen-bond acceptors (Lipinski definition) is 5. The van der Waals surface area contributed by atoms with Crippen molar-refractivity contribution in [3.8, 4) is 6.07 Å². The molecule has 0 fully saturated rings. The first-order valence-electron chi connectivity index (χ1n) is 5.39. The zero-order chi connectivity index (χ0) is 14.5. The second kappa shape index (κ2) is 6.31. The summed E-state index contributed by atoms with van der Waals surface area (Å²) < 4.78 is 29.3. The Morgan fingerprint density at radius 2 is 1.95 bits per heavy atom. The first-order chi connectivity index (χ1) is 8.89. The second-order valence-corrected chi connectivity index (χ2v) is 5.97. The summed E-state index contributed by atoms with van der Waals surface area (Å²) in [5, 5.41) is 8.65. The summed E-state index contributed by atoms with van der Waals surface area (Å²) in [6, 6.07) is 8.19. The van der Waals surface area contributed by atoms with Gasteiger partial charge in [0.05, 0.1) is 24.5 Å². The number of rotatable bonds is 5. The zero-order valence-corrected chi connectivity index (χ0v) is 11.5. The van der Waals surface area contributed by atoms with E-state index in [2.05, 4.69) is 4.74 Å². The number of ether oxygens (including phenoxy) is 1. The minimum atomic E-state index is -3.59. The van der Waals surface area contributed by atoms with E-state index in [9.17, 15) is 13.2 Å². The Bertz CT molecular complexity index is 587. The van der Waals surface area contributed by atoms with Gasteiger partial charge in [-0.15, -0.1) is 0 Å². The molecule has 0 aliphatic rings. The minimum absolute atomic E-state index is 0.230. The molecule has 0 aliphatic carbocycles. The molecule has 7 heteroatoms. The Labute approximate surface area is 112 Å². The van der Waals surface area contributed by atoms with Crippen molar-refractivity contribution in [2.75, 3.05) is 20.7 Å². The number of nitriles is 1. The van der Waals surface area contributed by atoms with Crippen LogP contribution in [0.1, 0.15) is 11.1 Å². The molecule has 0 amide bonds. The molecule has 1 aromatic carbocycles. The predicted molar refractivity (Wildman–Crippen MR) is 68.4 cm³/mol. The minimum Gasteiger partial charge on any atom is -0.468 e. The topological polar surface area (TPSA) is 87.5 Å². The van der Waals surface area contributed by atoms with Crippen LogP contribution in [0.3, 0.4) is 0 Å². The zero-order valence-electron chi connectivity index (χ0n) is 10.7. The maximum atomic E-state index is 12.0. The molecule has 0 unspecified atom stereocenters. The van der Waals surface area contributed by atoms with E-state index in [1.54, 1.807) is 24.3 Å². The van der Waals surface area contributed by atoms with Crippen molar-refractivity contribution in [3.63, 3.8) is 0 Å². The van der Waals surface area contributed by atoms with E-state index in [4.69, 9.17) is 5.26 Å². The SMILES string of the molecule is COC(=O)CN(C)S(=O)(=O)Cc1ccc(C#N)cc1. The molecule has 0 atom stereocenters. The predicted octanol–water partition coefficient (Wildman–Crippen LogP) is 0.493. The summed E-state index contributed by atoms with van der Waals surface area (Å²) in [6.07, 6.45) is 0. The third-order valence-corrected chi connectivity index (χ3v) is 4.26. The van der Waals surface area contributed by atoms with Crippen molar-refractivity contribution < 1.29 is 17.9 Å². The lowest BCUT2D eigenvalue weighted by Crippen LogP contribution is -2.33. The number of nitrogens with zero attached hydrogens (tertiary/aromatic N) is 2. The summed E-state index contributed by atoms with van der Waals surface area (Å²) in [7, 11) is -1.08. The van der Waals surface area contributed by atoms with E-state index in [0.717, 1.165) is 4.31 Å². The molecule has 0 spiro atoms. The molecule has 1 aromatic rings. The van der Waals surface area contributed by atoms with Crippen LogP contribution < -0.4 is 0 Å². The third-order valence-electron chi connectivity index (χ3n) is 2.49. The van der Waals surface area contributed by atoms with Crippen molar-refractivity contribution in [2.24, 2.45) is 0 Å². The fourth-order valence-electron chi connectivity index (χ4n) is 1.34. The summed E-state index contributed by atoms with van der Waals surface area (Å²) in [5.41, 5.74) is 1.01. The van der Waals surface area contributed by atoms with E-state index in [1.165, 1.54) is 14.2 Å². The number of methoxy groups -OCH3 is 1.